The van der Waals surface area contributed by atoms with Crippen LogP contribution in [-0.4, -0.2) is 42.0 Å². The topological polar surface area (TPSA) is 49.6 Å². The summed E-state index contributed by atoms with van der Waals surface area (Å²) in [6.45, 7) is 2.71. The third-order valence-electron chi connectivity index (χ3n) is 4.34. The Kier molecular flexibility index (Phi) is 3.65. The Labute approximate surface area is 138 Å². The van der Waals surface area contributed by atoms with E-state index in [9.17, 15) is 9.18 Å². The number of carbonyl (C=O) groups is 1. The molecular weight excluding hydrogens is 309 g/mol. The number of amides is 1. The molecule has 1 fully saturated rings. The van der Waals surface area contributed by atoms with Gasteiger partial charge in [-0.1, -0.05) is 0 Å². The number of benzene rings is 2. The molecular formula is C18H16FN3O2. The second kappa shape index (κ2) is 5.96. The number of halogens is 1. The molecule has 1 amide bonds. The lowest BCUT2D eigenvalue weighted by atomic mass is 10.1. The molecule has 1 saturated heterocycles. The normalized spacial score (nSPS) is 15.0. The molecule has 4 rings (SSSR count). The maximum Gasteiger partial charge on any atom is 0.254 e. The number of hydrogen-bond acceptors (Lipinski definition) is 4. The number of nitrogens with zero attached hydrogens (tertiary/aromatic N) is 3. The Morgan fingerprint density at radius 1 is 1.04 bits per heavy atom. The van der Waals surface area contributed by atoms with Crippen LogP contribution in [0.2, 0.25) is 0 Å². The average molecular weight is 325 g/mol. The quantitative estimate of drug-likeness (QED) is 0.727. The van der Waals surface area contributed by atoms with Crippen LogP contribution >= 0.6 is 0 Å². The van der Waals surface area contributed by atoms with Gasteiger partial charge in [-0.2, -0.15) is 0 Å². The lowest BCUT2D eigenvalue weighted by Gasteiger charge is -2.36. The molecule has 3 aromatic rings. The number of fused-ring (bicyclic) bond motifs is 1. The molecule has 1 aliphatic rings. The Hall–Kier alpha value is -2.89. The molecule has 0 saturated carbocycles. The zero-order chi connectivity index (χ0) is 16.5. The fourth-order valence-electron chi connectivity index (χ4n) is 2.99. The minimum absolute atomic E-state index is 0.00736. The molecule has 2 aromatic carbocycles. The van der Waals surface area contributed by atoms with E-state index in [4.69, 9.17) is 4.42 Å². The minimum Gasteiger partial charge on any atom is -0.443 e. The zero-order valence-corrected chi connectivity index (χ0v) is 13.0. The van der Waals surface area contributed by atoms with Crippen LogP contribution < -0.4 is 4.90 Å². The van der Waals surface area contributed by atoms with Gasteiger partial charge in [-0.15, -0.1) is 0 Å². The summed E-state index contributed by atoms with van der Waals surface area (Å²) in [6, 6.07) is 11.8. The highest BCUT2D eigenvalue weighted by Crippen LogP contribution is 2.19. The molecule has 0 aliphatic carbocycles. The lowest BCUT2D eigenvalue weighted by Crippen LogP contribution is -2.48. The van der Waals surface area contributed by atoms with Crippen LogP contribution in [0.15, 0.2) is 53.3 Å². The molecule has 0 atom stereocenters. The first-order valence-corrected chi connectivity index (χ1v) is 7.84. The molecule has 0 N–H and O–H groups in total. The van der Waals surface area contributed by atoms with Crippen LogP contribution in [0.1, 0.15) is 10.4 Å². The van der Waals surface area contributed by atoms with Gasteiger partial charge in [0.2, 0.25) is 0 Å². The van der Waals surface area contributed by atoms with Gasteiger partial charge in [0.05, 0.1) is 0 Å². The zero-order valence-electron chi connectivity index (χ0n) is 13.0. The average Bonchev–Trinajstić information content (AvgIpc) is 3.09. The monoisotopic (exact) mass is 325 g/mol. The molecule has 122 valence electrons. The van der Waals surface area contributed by atoms with Gasteiger partial charge in [-0.3, -0.25) is 4.79 Å². The number of carbonyl (C=O) groups excluding carboxylic acids is 1. The Balaban J connectivity index is 1.44. The number of hydrogen-bond donors (Lipinski definition) is 0. The van der Waals surface area contributed by atoms with Crippen molar-refractivity contribution < 1.29 is 13.6 Å². The van der Waals surface area contributed by atoms with E-state index in [0.29, 0.717) is 24.2 Å². The summed E-state index contributed by atoms with van der Waals surface area (Å²) < 4.78 is 18.3. The summed E-state index contributed by atoms with van der Waals surface area (Å²) in [5.41, 5.74) is 2.94. The smallest absolute Gasteiger partial charge is 0.254 e. The van der Waals surface area contributed by atoms with E-state index in [1.165, 1.54) is 18.5 Å². The Bertz CT molecular complexity index is 867. The van der Waals surface area contributed by atoms with Crippen molar-refractivity contribution >= 4 is 22.7 Å². The molecule has 6 heteroatoms. The van der Waals surface area contributed by atoms with Crippen LogP contribution in [0.5, 0.6) is 0 Å². The van der Waals surface area contributed by atoms with Crippen LogP contribution in [0.25, 0.3) is 11.1 Å². The third-order valence-corrected chi connectivity index (χ3v) is 4.34. The fourth-order valence-corrected chi connectivity index (χ4v) is 2.99. The van der Waals surface area contributed by atoms with Gasteiger partial charge in [0, 0.05) is 37.4 Å². The summed E-state index contributed by atoms with van der Waals surface area (Å²) in [5.74, 6) is -0.248. The summed E-state index contributed by atoms with van der Waals surface area (Å²) in [7, 11) is 0. The van der Waals surface area contributed by atoms with Gasteiger partial charge in [-0.25, -0.2) is 9.37 Å². The van der Waals surface area contributed by atoms with Gasteiger partial charge < -0.3 is 14.2 Å². The molecule has 5 nitrogen and oxygen atoms in total. The van der Waals surface area contributed by atoms with Crippen LogP contribution in [0, 0.1) is 5.82 Å². The molecule has 1 aromatic heterocycles. The summed E-state index contributed by atoms with van der Waals surface area (Å²) >= 11 is 0. The van der Waals surface area contributed by atoms with E-state index < -0.39 is 0 Å². The molecule has 1 aliphatic heterocycles. The van der Waals surface area contributed by atoms with Crippen molar-refractivity contribution in [2.75, 3.05) is 31.1 Å². The van der Waals surface area contributed by atoms with Crippen molar-refractivity contribution in [1.29, 1.82) is 0 Å². The highest BCUT2D eigenvalue weighted by atomic mass is 19.1. The van der Waals surface area contributed by atoms with Gasteiger partial charge in [-0.05, 0) is 42.5 Å². The first-order chi connectivity index (χ1) is 11.7. The maximum absolute atomic E-state index is 13.0. The van der Waals surface area contributed by atoms with E-state index in [1.54, 1.807) is 30.3 Å². The van der Waals surface area contributed by atoms with Crippen LogP contribution in [-0.2, 0) is 0 Å². The van der Waals surface area contributed by atoms with Gasteiger partial charge >= 0.3 is 0 Å². The predicted molar refractivity (Wildman–Crippen MR) is 88.5 cm³/mol. The summed E-state index contributed by atoms with van der Waals surface area (Å²) in [5, 5.41) is 0. The van der Waals surface area contributed by atoms with E-state index in [1.807, 2.05) is 4.90 Å². The van der Waals surface area contributed by atoms with Crippen LogP contribution in [0.4, 0.5) is 10.1 Å². The number of aromatic nitrogens is 1. The van der Waals surface area contributed by atoms with Crippen molar-refractivity contribution in [2.24, 2.45) is 0 Å². The SMILES string of the molecule is O=C(c1ccc2ncoc2c1)N1CCN(c2ccc(F)cc2)CC1. The summed E-state index contributed by atoms with van der Waals surface area (Å²) in [4.78, 5) is 20.7. The van der Waals surface area contributed by atoms with E-state index in [0.717, 1.165) is 24.3 Å². The van der Waals surface area contributed by atoms with Crippen molar-refractivity contribution in [3.05, 3.63) is 60.2 Å². The van der Waals surface area contributed by atoms with E-state index in [2.05, 4.69) is 9.88 Å². The lowest BCUT2D eigenvalue weighted by molar-refractivity contribution is 0.0747. The number of anilines is 1. The predicted octanol–water partition coefficient (Wildman–Crippen LogP) is 2.93. The minimum atomic E-state index is -0.240. The molecule has 2 heterocycles. The van der Waals surface area contributed by atoms with Crippen molar-refractivity contribution in [2.45, 2.75) is 0 Å². The number of oxazole rings is 1. The molecule has 0 bridgehead atoms. The molecule has 0 spiro atoms. The van der Waals surface area contributed by atoms with E-state index >= 15 is 0 Å². The van der Waals surface area contributed by atoms with Gasteiger partial charge in [0.15, 0.2) is 12.0 Å². The first-order valence-electron chi connectivity index (χ1n) is 7.84. The second-order valence-electron chi connectivity index (χ2n) is 5.79. The van der Waals surface area contributed by atoms with Gasteiger partial charge in [0.1, 0.15) is 11.3 Å². The van der Waals surface area contributed by atoms with Crippen molar-refractivity contribution in [1.82, 2.24) is 9.88 Å². The highest BCUT2D eigenvalue weighted by Gasteiger charge is 2.22. The Morgan fingerprint density at radius 2 is 1.79 bits per heavy atom. The van der Waals surface area contributed by atoms with Crippen molar-refractivity contribution in [3.63, 3.8) is 0 Å². The van der Waals surface area contributed by atoms with Gasteiger partial charge in [0.25, 0.3) is 5.91 Å². The number of piperazine rings is 1. The first kappa shape index (κ1) is 14.7. The molecule has 24 heavy (non-hydrogen) atoms. The molecule has 0 radical (unpaired) electrons. The highest BCUT2D eigenvalue weighted by molar-refractivity contribution is 5.97. The standard InChI is InChI=1S/C18H16FN3O2/c19-14-2-4-15(5-3-14)21-7-9-22(10-8-21)18(23)13-1-6-16-17(11-13)24-12-20-16/h1-6,11-12H,7-10H2. The summed E-state index contributed by atoms with van der Waals surface area (Å²) in [6.07, 6.45) is 1.38. The maximum atomic E-state index is 13.0. The largest absolute Gasteiger partial charge is 0.443 e. The molecule has 0 unspecified atom stereocenters. The third kappa shape index (κ3) is 2.71. The Morgan fingerprint density at radius 3 is 2.54 bits per heavy atom. The van der Waals surface area contributed by atoms with Crippen molar-refractivity contribution in [3.8, 4) is 0 Å². The number of rotatable bonds is 2. The second-order valence-corrected chi connectivity index (χ2v) is 5.79. The van der Waals surface area contributed by atoms with E-state index in [-0.39, 0.29) is 11.7 Å². The fraction of sp³-hybridized carbons (Fsp3) is 0.222. The van der Waals surface area contributed by atoms with Crippen LogP contribution in [0.3, 0.4) is 0 Å².